The molecule has 17 heavy (non-hydrogen) atoms. The number of aromatic nitrogens is 1. The van der Waals surface area contributed by atoms with Crippen molar-refractivity contribution in [3.05, 3.63) is 22.3 Å². The Labute approximate surface area is 103 Å². The van der Waals surface area contributed by atoms with Crippen molar-refractivity contribution >= 4 is 21.9 Å². The van der Waals surface area contributed by atoms with Crippen LogP contribution in [-0.4, -0.2) is 24.7 Å². The van der Waals surface area contributed by atoms with Gasteiger partial charge in [-0.15, -0.1) is 0 Å². The number of hydrogen-bond donors (Lipinski definition) is 0. The van der Waals surface area contributed by atoms with Crippen LogP contribution in [0.1, 0.15) is 5.56 Å². The number of halogens is 4. The van der Waals surface area contributed by atoms with Crippen molar-refractivity contribution < 1.29 is 27.4 Å². The number of carbonyl (C=O) groups is 1. The molecule has 0 spiro atoms. The summed E-state index contributed by atoms with van der Waals surface area (Å²) in [7, 11) is 1.10. The first-order chi connectivity index (χ1) is 7.84. The van der Waals surface area contributed by atoms with Crippen molar-refractivity contribution in [1.29, 1.82) is 0 Å². The van der Waals surface area contributed by atoms with Gasteiger partial charge in [0.2, 0.25) is 5.88 Å². The Morgan fingerprint density at radius 3 is 2.71 bits per heavy atom. The van der Waals surface area contributed by atoms with Gasteiger partial charge in [-0.05, 0) is 22.0 Å². The van der Waals surface area contributed by atoms with Gasteiger partial charge in [-0.2, -0.15) is 13.2 Å². The van der Waals surface area contributed by atoms with E-state index in [-0.39, 0.29) is 4.47 Å². The van der Waals surface area contributed by atoms with E-state index in [1.165, 1.54) is 0 Å². The average molecular weight is 314 g/mol. The minimum atomic E-state index is -4.61. The summed E-state index contributed by atoms with van der Waals surface area (Å²) in [4.78, 5) is 14.2. The highest BCUT2D eigenvalue weighted by Gasteiger charge is 2.35. The molecule has 0 aliphatic rings. The molecule has 1 aromatic heterocycles. The number of esters is 1. The number of ether oxygens (including phenoxy) is 2. The molecular weight excluding hydrogens is 307 g/mol. The lowest BCUT2D eigenvalue weighted by atomic mass is 10.2. The zero-order valence-electron chi connectivity index (χ0n) is 8.55. The van der Waals surface area contributed by atoms with E-state index in [2.05, 4.69) is 30.4 Å². The lowest BCUT2D eigenvalue weighted by Crippen LogP contribution is -2.16. The monoisotopic (exact) mass is 313 g/mol. The van der Waals surface area contributed by atoms with Crippen LogP contribution >= 0.6 is 15.9 Å². The summed E-state index contributed by atoms with van der Waals surface area (Å²) in [5.74, 6) is -1.45. The first kappa shape index (κ1) is 13.8. The molecule has 0 saturated carbocycles. The average Bonchev–Trinajstić information content (AvgIpc) is 2.25. The van der Waals surface area contributed by atoms with Gasteiger partial charge in [0.15, 0.2) is 6.61 Å². The predicted octanol–water partition coefficient (Wildman–Crippen LogP) is 2.41. The van der Waals surface area contributed by atoms with Crippen LogP contribution in [0.4, 0.5) is 13.2 Å². The van der Waals surface area contributed by atoms with Crippen LogP contribution in [0.25, 0.3) is 0 Å². The highest BCUT2D eigenvalue weighted by molar-refractivity contribution is 9.10. The highest BCUT2D eigenvalue weighted by Crippen LogP contribution is 2.36. The van der Waals surface area contributed by atoms with Crippen LogP contribution in [-0.2, 0) is 15.7 Å². The molecule has 0 aliphatic carbocycles. The SMILES string of the molecule is COC(=O)COc1ncc(Br)cc1C(F)(F)F. The number of carbonyl (C=O) groups excluding carboxylic acids is 1. The van der Waals surface area contributed by atoms with Gasteiger partial charge in [-0.25, -0.2) is 9.78 Å². The minimum absolute atomic E-state index is 0.162. The van der Waals surface area contributed by atoms with Crippen LogP contribution in [0.15, 0.2) is 16.7 Å². The minimum Gasteiger partial charge on any atom is -0.466 e. The third kappa shape index (κ3) is 3.88. The van der Waals surface area contributed by atoms with Crippen molar-refractivity contribution in [2.75, 3.05) is 13.7 Å². The molecule has 0 bridgehead atoms. The van der Waals surface area contributed by atoms with Crippen molar-refractivity contribution in [2.24, 2.45) is 0 Å². The van der Waals surface area contributed by atoms with E-state index in [9.17, 15) is 18.0 Å². The van der Waals surface area contributed by atoms with Crippen LogP contribution in [0.3, 0.4) is 0 Å². The van der Waals surface area contributed by atoms with E-state index in [4.69, 9.17) is 0 Å². The zero-order valence-corrected chi connectivity index (χ0v) is 10.1. The summed E-state index contributed by atoms with van der Waals surface area (Å²) >= 11 is 2.87. The fourth-order valence-corrected chi connectivity index (χ4v) is 1.26. The Morgan fingerprint density at radius 1 is 1.53 bits per heavy atom. The van der Waals surface area contributed by atoms with E-state index in [0.29, 0.717) is 0 Å². The Balaban J connectivity index is 2.95. The maximum absolute atomic E-state index is 12.6. The summed E-state index contributed by atoms with van der Waals surface area (Å²) in [6.45, 7) is -0.631. The Bertz CT molecular complexity index is 422. The number of hydrogen-bond acceptors (Lipinski definition) is 4. The fourth-order valence-electron chi connectivity index (χ4n) is 0.931. The van der Waals surface area contributed by atoms with E-state index in [1.807, 2.05) is 0 Å². The van der Waals surface area contributed by atoms with Crippen LogP contribution < -0.4 is 4.74 Å². The second kappa shape index (κ2) is 5.35. The number of rotatable bonds is 3. The quantitative estimate of drug-likeness (QED) is 0.804. The Kier molecular flexibility index (Phi) is 4.33. The Morgan fingerprint density at radius 2 is 2.18 bits per heavy atom. The van der Waals surface area contributed by atoms with Gasteiger partial charge in [0.1, 0.15) is 5.56 Å². The van der Waals surface area contributed by atoms with Gasteiger partial charge in [0.05, 0.1) is 7.11 Å². The number of alkyl halides is 3. The second-order valence-electron chi connectivity index (χ2n) is 2.87. The van der Waals surface area contributed by atoms with Crippen LogP contribution in [0, 0.1) is 0 Å². The molecule has 0 aliphatic heterocycles. The molecule has 0 saturated heterocycles. The summed E-state index contributed by atoms with van der Waals surface area (Å²) in [5.41, 5.74) is -1.06. The molecule has 0 fully saturated rings. The standard InChI is InChI=1S/C9H7BrF3NO3/c1-16-7(15)4-17-8-6(9(11,12)13)2-5(10)3-14-8/h2-3H,4H2,1H3. The summed E-state index contributed by atoms with van der Waals surface area (Å²) in [6, 6.07) is 0.819. The molecule has 0 aromatic carbocycles. The van der Waals surface area contributed by atoms with Gasteiger partial charge in [-0.3, -0.25) is 0 Å². The maximum atomic E-state index is 12.6. The van der Waals surface area contributed by atoms with Gasteiger partial charge < -0.3 is 9.47 Å². The molecule has 0 unspecified atom stereocenters. The lowest BCUT2D eigenvalue weighted by molar-refractivity contribution is -0.146. The molecule has 94 valence electrons. The Hall–Kier alpha value is -1.31. The van der Waals surface area contributed by atoms with Gasteiger partial charge in [0.25, 0.3) is 0 Å². The molecule has 4 nitrogen and oxygen atoms in total. The molecule has 0 amide bonds. The molecule has 1 heterocycles. The van der Waals surface area contributed by atoms with Crippen molar-refractivity contribution in [3.8, 4) is 5.88 Å². The molecule has 1 rings (SSSR count). The third-order valence-electron chi connectivity index (χ3n) is 1.68. The highest BCUT2D eigenvalue weighted by atomic mass is 79.9. The molecule has 1 aromatic rings. The topological polar surface area (TPSA) is 48.4 Å². The molecular formula is C9H7BrF3NO3. The molecule has 0 atom stereocenters. The van der Waals surface area contributed by atoms with Gasteiger partial charge in [-0.1, -0.05) is 0 Å². The fraction of sp³-hybridized carbons (Fsp3) is 0.333. The predicted molar refractivity (Wildman–Crippen MR) is 54.5 cm³/mol. The first-order valence-electron chi connectivity index (χ1n) is 4.27. The van der Waals surface area contributed by atoms with Gasteiger partial charge in [0, 0.05) is 10.7 Å². The first-order valence-corrected chi connectivity index (χ1v) is 5.06. The maximum Gasteiger partial charge on any atom is 0.421 e. The van der Waals surface area contributed by atoms with Crippen molar-refractivity contribution in [1.82, 2.24) is 4.98 Å². The molecule has 8 heteroatoms. The third-order valence-corrected chi connectivity index (χ3v) is 2.11. The largest absolute Gasteiger partial charge is 0.466 e. The second-order valence-corrected chi connectivity index (χ2v) is 3.78. The molecule has 0 radical (unpaired) electrons. The summed E-state index contributed by atoms with van der Waals surface area (Å²) < 4.78 is 46.8. The molecule has 0 N–H and O–H groups in total. The van der Waals surface area contributed by atoms with E-state index in [0.717, 1.165) is 19.4 Å². The zero-order chi connectivity index (χ0) is 13.1. The van der Waals surface area contributed by atoms with E-state index in [1.54, 1.807) is 0 Å². The summed E-state index contributed by atoms with van der Waals surface area (Å²) in [6.07, 6.45) is -3.47. The van der Waals surface area contributed by atoms with Crippen molar-refractivity contribution in [3.63, 3.8) is 0 Å². The van der Waals surface area contributed by atoms with Crippen molar-refractivity contribution in [2.45, 2.75) is 6.18 Å². The number of nitrogens with zero attached hydrogens (tertiary/aromatic N) is 1. The summed E-state index contributed by atoms with van der Waals surface area (Å²) in [5, 5.41) is 0. The van der Waals surface area contributed by atoms with E-state index >= 15 is 0 Å². The van der Waals surface area contributed by atoms with Crippen LogP contribution in [0.5, 0.6) is 5.88 Å². The van der Waals surface area contributed by atoms with Crippen LogP contribution in [0.2, 0.25) is 0 Å². The smallest absolute Gasteiger partial charge is 0.421 e. The number of methoxy groups -OCH3 is 1. The number of pyridine rings is 1. The van der Waals surface area contributed by atoms with Gasteiger partial charge >= 0.3 is 12.1 Å². The lowest BCUT2D eigenvalue weighted by Gasteiger charge is -2.12. The van der Waals surface area contributed by atoms with E-state index < -0.39 is 30.2 Å². The normalized spacial score (nSPS) is 11.1.